The van der Waals surface area contributed by atoms with Crippen molar-refractivity contribution in [3.05, 3.63) is 29.5 Å². The van der Waals surface area contributed by atoms with E-state index < -0.39 is 11.9 Å². The van der Waals surface area contributed by atoms with Gasteiger partial charge < -0.3 is 9.47 Å². The zero-order chi connectivity index (χ0) is 13.8. The minimum absolute atomic E-state index is 0.286. The van der Waals surface area contributed by atoms with Gasteiger partial charge in [-0.25, -0.2) is 9.59 Å². The van der Waals surface area contributed by atoms with Crippen LogP contribution in [0.15, 0.2) is 18.3 Å². The molecule has 1 aromatic carbocycles. The molecule has 0 atom stereocenters. The van der Waals surface area contributed by atoms with Gasteiger partial charge in [0.1, 0.15) is 0 Å². The molecule has 0 aliphatic heterocycles. The second-order valence-corrected chi connectivity index (χ2v) is 3.76. The van der Waals surface area contributed by atoms with Crippen LogP contribution in [0.5, 0.6) is 0 Å². The summed E-state index contributed by atoms with van der Waals surface area (Å²) >= 11 is 0. The largest absolute Gasteiger partial charge is 0.462 e. The summed E-state index contributed by atoms with van der Waals surface area (Å²) in [6.45, 7) is 4.04. The lowest BCUT2D eigenvalue weighted by Crippen LogP contribution is -2.09. The highest BCUT2D eigenvalue weighted by Gasteiger charge is 2.18. The van der Waals surface area contributed by atoms with Crippen molar-refractivity contribution in [1.29, 1.82) is 0 Å². The van der Waals surface area contributed by atoms with Crippen molar-refractivity contribution >= 4 is 22.8 Å². The van der Waals surface area contributed by atoms with Gasteiger partial charge in [0.15, 0.2) is 0 Å². The van der Waals surface area contributed by atoms with Gasteiger partial charge in [-0.2, -0.15) is 5.10 Å². The van der Waals surface area contributed by atoms with Gasteiger partial charge in [-0.3, -0.25) is 5.10 Å². The van der Waals surface area contributed by atoms with E-state index in [4.69, 9.17) is 9.47 Å². The SMILES string of the molecule is CCOC(=O)c1ccc(C(=O)OCC)c2[nH]ncc12. The van der Waals surface area contributed by atoms with E-state index in [9.17, 15) is 9.59 Å². The molecule has 6 nitrogen and oxygen atoms in total. The lowest BCUT2D eigenvalue weighted by Gasteiger charge is -2.06. The third kappa shape index (κ3) is 2.42. The van der Waals surface area contributed by atoms with Crippen LogP contribution in [0.1, 0.15) is 34.6 Å². The average molecular weight is 262 g/mol. The lowest BCUT2D eigenvalue weighted by molar-refractivity contribution is 0.0514. The summed E-state index contributed by atoms with van der Waals surface area (Å²) in [5.74, 6) is -0.892. The summed E-state index contributed by atoms with van der Waals surface area (Å²) in [7, 11) is 0. The molecule has 0 fully saturated rings. The van der Waals surface area contributed by atoms with E-state index in [2.05, 4.69) is 10.2 Å². The quantitative estimate of drug-likeness (QED) is 0.851. The van der Waals surface area contributed by atoms with E-state index in [-0.39, 0.29) is 13.2 Å². The molecule has 0 saturated carbocycles. The highest BCUT2D eigenvalue weighted by atomic mass is 16.5. The number of fused-ring (bicyclic) bond motifs is 1. The fourth-order valence-corrected chi connectivity index (χ4v) is 1.80. The number of aromatic nitrogens is 2. The minimum Gasteiger partial charge on any atom is -0.462 e. The number of rotatable bonds is 4. The first-order chi connectivity index (χ1) is 9.19. The second kappa shape index (κ2) is 5.51. The fraction of sp³-hybridized carbons (Fsp3) is 0.308. The Hall–Kier alpha value is -2.37. The van der Waals surface area contributed by atoms with E-state index in [1.807, 2.05) is 0 Å². The molecule has 0 aliphatic carbocycles. The van der Waals surface area contributed by atoms with Gasteiger partial charge in [-0.1, -0.05) is 0 Å². The standard InChI is InChI=1S/C13H14N2O4/c1-3-18-12(16)8-5-6-9(13(17)19-4-2)11-10(8)7-14-15-11/h5-7H,3-4H2,1-2H3,(H,14,15). The van der Waals surface area contributed by atoms with E-state index in [0.29, 0.717) is 22.0 Å². The summed E-state index contributed by atoms with van der Waals surface area (Å²) in [5, 5.41) is 7.12. The average Bonchev–Trinajstić information content (AvgIpc) is 2.87. The highest BCUT2D eigenvalue weighted by Crippen LogP contribution is 2.22. The molecule has 1 N–H and O–H groups in total. The van der Waals surface area contributed by atoms with Crippen LogP contribution in [0.3, 0.4) is 0 Å². The predicted molar refractivity (Wildman–Crippen MR) is 68.0 cm³/mol. The first kappa shape index (κ1) is 13.1. The molecule has 2 aromatic rings. The van der Waals surface area contributed by atoms with Gasteiger partial charge in [0.05, 0.1) is 36.1 Å². The summed E-state index contributed by atoms with van der Waals surface area (Å²) in [5.41, 5.74) is 1.20. The maximum absolute atomic E-state index is 11.8. The third-order valence-electron chi connectivity index (χ3n) is 2.61. The van der Waals surface area contributed by atoms with Crippen molar-refractivity contribution in [2.45, 2.75) is 13.8 Å². The molecule has 0 radical (unpaired) electrons. The monoisotopic (exact) mass is 262 g/mol. The number of benzene rings is 1. The van der Waals surface area contributed by atoms with E-state index >= 15 is 0 Å². The van der Waals surface area contributed by atoms with Crippen LogP contribution in [0.25, 0.3) is 10.9 Å². The van der Waals surface area contributed by atoms with Crippen LogP contribution in [-0.4, -0.2) is 35.3 Å². The number of hydrogen-bond donors (Lipinski definition) is 1. The first-order valence-corrected chi connectivity index (χ1v) is 5.99. The normalized spacial score (nSPS) is 10.4. The van der Waals surface area contributed by atoms with Gasteiger partial charge in [0.25, 0.3) is 0 Å². The number of H-pyrrole nitrogens is 1. The molecule has 0 saturated heterocycles. The molecular weight excluding hydrogens is 248 g/mol. The minimum atomic E-state index is -0.452. The molecule has 0 unspecified atom stereocenters. The number of carbonyl (C=O) groups excluding carboxylic acids is 2. The summed E-state index contributed by atoms with van der Waals surface area (Å²) in [6, 6.07) is 3.08. The van der Waals surface area contributed by atoms with Crippen molar-refractivity contribution < 1.29 is 19.1 Å². The molecule has 0 spiro atoms. The molecule has 19 heavy (non-hydrogen) atoms. The van der Waals surface area contributed by atoms with Gasteiger partial charge in [-0.05, 0) is 26.0 Å². The zero-order valence-corrected chi connectivity index (χ0v) is 10.7. The molecule has 0 aliphatic rings. The molecule has 0 amide bonds. The zero-order valence-electron chi connectivity index (χ0n) is 10.7. The van der Waals surface area contributed by atoms with Crippen LogP contribution >= 0.6 is 0 Å². The summed E-state index contributed by atoms with van der Waals surface area (Å²) in [4.78, 5) is 23.6. The van der Waals surface area contributed by atoms with Crippen molar-refractivity contribution in [2.24, 2.45) is 0 Å². The molecule has 0 bridgehead atoms. The topological polar surface area (TPSA) is 81.3 Å². The maximum Gasteiger partial charge on any atom is 0.340 e. The number of aromatic amines is 1. The van der Waals surface area contributed by atoms with Crippen LogP contribution in [0.2, 0.25) is 0 Å². The van der Waals surface area contributed by atoms with Crippen molar-refractivity contribution in [2.75, 3.05) is 13.2 Å². The highest BCUT2D eigenvalue weighted by molar-refractivity contribution is 6.10. The summed E-state index contributed by atoms with van der Waals surface area (Å²) in [6.07, 6.45) is 1.49. The van der Waals surface area contributed by atoms with Crippen molar-refractivity contribution in [1.82, 2.24) is 10.2 Å². The molecule has 100 valence electrons. The fourth-order valence-electron chi connectivity index (χ4n) is 1.80. The summed E-state index contributed by atoms with van der Waals surface area (Å²) < 4.78 is 9.91. The van der Waals surface area contributed by atoms with E-state index in [0.717, 1.165) is 0 Å². The number of carbonyl (C=O) groups is 2. The van der Waals surface area contributed by atoms with Crippen LogP contribution in [0, 0.1) is 0 Å². The molecular formula is C13H14N2O4. The van der Waals surface area contributed by atoms with Crippen molar-refractivity contribution in [3.63, 3.8) is 0 Å². The Bertz CT molecular complexity index is 566. The number of nitrogens with zero attached hydrogens (tertiary/aromatic N) is 1. The Morgan fingerprint density at radius 3 is 2.32 bits per heavy atom. The van der Waals surface area contributed by atoms with Gasteiger partial charge in [0, 0.05) is 5.39 Å². The number of nitrogens with one attached hydrogen (secondary N) is 1. The van der Waals surface area contributed by atoms with E-state index in [1.165, 1.54) is 12.3 Å². The van der Waals surface area contributed by atoms with Gasteiger partial charge >= 0.3 is 11.9 Å². The van der Waals surface area contributed by atoms with Crippen LogP contribution < -0.4 is 0 Å². The number of esters is 2. The van der Waals surface area contributed by atoms with E-state index in [1.54, 1.807) is 19.9 Å². The number of hydrogen-bond acceptors (Lipinski definition) is 5. The van der Waals surface area contributed by atoms with Crippen LogP contribution in [-0.2, 0) is 9.47 Å². The predicted octanol–water partition coefficient (Wildman–Crippen LogP) is 1.92. The Balaban J connectivity index is 2.50. The molecule has 1 heterocycles. The van der Waals surface area contributed by atoms with Gasteiger partial charge in [0.2, 0.25) is 0 Å². The Morgan fingerprint density at radius 2 is 1.68 bits per heavy atom. The Kier molecular flexibility index (Phi) is 3.79. The Morgan fingerprint density at radius 1 is 1.11 bits per heavy atom. The molecule has 1 aromatic heterocycles. The smallest absolute Gasteiger partial charge is 0.340 e. The molecule has 2 rings (SSSR count). The van der Waals surface area contributed by atoms with Crippen molar-refractivity contribution in [3.8, 4) is 0 Å². The van der Waals surface area contributed by atoms with Gasteiger partial charge in [-0.15, -0.1) is 0 Å². The second-order valence-electron chi connectivity index (χ2n) is 3.76. The molecule has 6 heteroatoms. The third-order valence-corrected chi connectivity index (χ3v) is 2.61. The maximum atomic E-state index is 11.8. The Labute approximate surface area is 109 Å². The number of ether oxygens (including phenoxy) is 2. The van der Waals surface area contributed by atoms with Crippen LogP contribution in [0.4, 0.5) is 0 Å². The lowest BCUT2D eigenvalue weighted by atomic mass is 10.1. The first-order valence-electron chi connectivity index (χ1n) is 5.99.